The first-order valence-corrected chi connectivity index (χ1v) is 14.0. The van der Waals surface area contributed by atoms with Gasteiger partial charge in [-0.2, -0.15) is 0 Å². The molecule has 1 aromatic rings. The predicted octanol–water partition coefficient (Wildman–Crippen LogP) is 5.31. The van der Waals surface area contributed by atoms with Crippen LogP contribution in [0.25, 0.3) is 0 Å². The normalized spacial score (nSPS) is 21.3. The summed E-state index contributed by atoms with van der Waals surface area (Å²) < 4.78 is 16.8. The first-order chi connectivity index (χ1) is 18.1. The molecule has 212 valence electrons. The average Bonchev–Trinajstić information content (AvgIpc) is 3.48. The van der Waals surface area contributed by atoms with Crippen molar-refractivity contribution in [2.75, 3.05) is 40.1 Å². The van der Waals surface area contributed by atoms with Gasteiger partial charge in [0.25, 0.3) is 0 Å². The number of ether oxygens (including phenoxy) is 3. The van der Waals surface area contributed by atoms with Gasteiger partial charge in [-0.05, 0) is 49.3 Å². The van der Waals surface area contributed by atoms with Crippen LogP contribution in [0.1, 0.15) is 78.2 Å². The molecule has 0 saturated carbocycles. The lowest BCUT2D eigenvalue weighted by Gasteiger charge is -2.34. The Labute approximate surface area is 227 Å². The van der Waals surface area contributed by atoms with E-state index in [4.69, 9.17) is 14.2 Å². The Morgan fingerprint density at radius 2 is 1.87 bits per heavy atom. The van der Waals surface area contributed by atoms with Crippen LogP contribution < -0.4 is 14.2 Å². The smallest absolute Gasteiger partial charge is 0.308 e. The van der Waals surface area contributed by atoms with E-state index in [-0.39, 0.29) is 36.6 Å². The predicted molar refractivity (Wildman–Crippen MR) is 148 cm³/mol. The number of carbonyl (C=O) groups excluding carboxylic acids is 1. The third-order valence-corrected chi connectivity index (χ3v) is 7.75. The van der Waals surface area contributed by atoms with Gasteiger partial charge in [-0.1, -0.05) is 52.7 Å². The molecule has 0 aliphatic carbocycles. The molecule has 3 atom stereocenters. The molecule has 38 heavy (non-hydrogen) atoms. The van der Waals surface area contributed by atoms with Gasteiger partial charge in [0.05, 0.1) is 19.6 Å². The molecule has 0 bridgehead atoms. The van der Waals surface area contributed by atoms with Gasteiger partial charge in [-0.15, -0.1) is 0 Å². The minimum absolute atomic E-state index is 0.0776. The SMILES string of the molecule is C/C=C/C(C)(C)C[C@@H]1[C@@H](C(=O)O)[C@@H](c2cc(OC)c3c(c2)OCO3)CN1CC(=O)N(CCCC)CCCC. The number of allylic oxidation sites excluding steroid dienone is 2. The minimum Gasteiger partial charge on any atom is -0.493 e. The standard InChI is InChI=1S/C30H46N2O6/c1-7-10-13-31(14-11-8-2)26(33)19-32-18-22(21-15-24(36-6)28-25(16-21)37-20-38-28)27(29(34)35)23(32)17-30(4,5)12-9-3/h9,12,15-16,22-23,27H,7-8,10-11,13-14,17-20H2,1-6H3,(H,34,35)/b12-9+/t22-,23-,27+/m1/s1. The molecule has 0 aromatic heterocycles. The largest absolute Gasteiger partial charge is 0.493 e. The number of nitrogens with zero attached hydrogens (tertiary/aromatic N) is 2. The molecule has 0 unspecified atom stereocenters. The number of carboxylic acids is 1. The van der Waals surface area contributed by atoms with E-state index < -0.39 is 11.9 Å². The van der Waals surface area contributed by atoms with E-state index in [1.54, 1.807) is 7.11 Å². The van der Waals surface area contributed by atoms with Crippen molar-refractivity contribution in [3.8, 4) is 17.2 Å². The van der Waals surface area contributed by atoms with Gasteiger partial charge in [-0.3, -0.25) is 14.5 Å². The maximum atomic E-state index is 13.6. The number of hydrogen-bond donors (Lipinski definition) is 1. The van der Waals surface area contributed by atoms with E-state index in [0.29, 0.717) is 30.2 Å². The maximum Gasteiger partial charge on any atom is 0.308 e. The highest BCUT2D eigenvalue weighted by molar-refractivity contribution is 5.79. The number of rotatable bonds is 14. The molecular formula is C30H46N2O6. The van der Waals surface area contributed by atoms with Crippen molar-refractivity contribution < 1.29 is 28.9 Å². The molecule has 2 aliphatic rings. The van der Waals surface area contributed by atoms with E-state index in [2.05, 4.69) is 38.7 Å². The van der Waals surface area contributed by atoms with Crippen LogP contribution in [0.2, 0.25) is 0 Å². The van der Waals surface area contributed by atoms with E-state index >= 15 is 0 Å². The van der Waals surface area contributed by atoms with Crippen molar-refractivity contribution >= 4 is 11.9 Å². The summed E-state index contributed by atoms with van der Waals surface area (Å²) in [6.07, 6.45) is 8.73. The molecule has 2 heterocycles. The zero-order valence-electron chi connectivity index (χ0n) is 24.0. The Kier molecular flexibility index (Phi) is 10.5. The number of amides is 1. The van der Waals surface area contributed by atoms with Crippen molar-refractivity contribution in [3.05, 3.63) is 29.8 Å². The number of benzene rings is 1. The Bertz CT molecular complexity index is 983. The molecule has 1 saturated heterocycles. The Morgan fingerprint density at radius 3 is 2.45 bits per heavy atom. The van der Waals surface area contributed by atoms with Crippen LogP contribution in [0.3, 0.4) is 0 Å². The zero-order chi connectivity index (χ0) is 27.9. The lowest BCUT2D eigenvalue weighted by molar-refractivity contribution is -0.144. The van der Waals surface area contributed by atoms with Crippen LogP contribution in [0.5, 0.6) is 17.2 Å². The van der Waals surface area contributed by atoms with Gasteiger partial charge in [0.2, 0.25) is 18.4 Å². The van der Waals surface area contributed by atoms with Gasteiger partial charge >= 0.3 is 5.97 Å². The van der Waals surface area contributed by atoms with Crippen LogP contribution in [-0.4, -0.2) is 72.9 Å². The second-order valence-corrected chi connectivity index (χ2v) is 11.2. The third kappa shape index (κ3) is 7.01. The second kappa shape index (κ2) is 13.4. The lowest BCUT2D eigenvalue weighted by Crippen LogP contribution is -2.45. The molecular weight excluding hydrogens is 484 g/mol. The highest BCUT2D eigenvalue weighted by atomic mass is 16.7. The number of carboxylic acid groups (broad SMARTS) is 1. The summed E-state index contributed by atoms with van der Waals surface area (Å²) in [5.74, 6) is -0.141. The van der Waals surface area contributed by atoms with E-state index in [1.807, 2.05) is 30.0 Å². The fourth-order valence-electron chi connectivity index (χ4n) is 5.84. The van der Waals surface area contributed by atoms with Crippen molar-refractivity contribution in [3.63, 3.8) is 0 Å². The minimum atomic E-state index is -0.850. The number of fused-ring (bicyclic) bond motifs is 1. The summed E-state index contributed by atoms with van der Waals surface area (Å²) in [5.41, 5.74) is 0.607. The summed E-state index contributed by atoms with van der Waals surface area (Å²) >= 11 is 0. The first-order valence-electron chi connectivity index (χ1n) is 14.0. The van der Waals surface area contributed by atoms with Crippen LogP contribution in [-0.2, 0) is 9.59 Å². The number of methoxy groups -OCH3 is 1. The molecule has 3 rings (SSSR count). The van der Waals surface area contributed by atoms with Gasteiger partial charge in [0.15, 0.2) is 11.5 Å². The second-order valence-electron chi connectivity index (χ2n) is 11.2. The van der Waals surface area contributed by atoms with Crippen LogP contribution in [0.4, 0.5) is 0 Å². The summed E-state index contributed by atoms with van der Waals surface area (Å²) in [6.45, 7) is 12.8. The molecule has 8 heteroatoms. The molecule has 1 fully saturated rings. The molecule has 1 amide bonds. The number of aliphatic carboxylic acids is 1. The zero-order valence-corrected chi connectivity index (χ0v) is 24.0. The van der Waals surface area contributed by atoms with Crippen molar-refractivity contribution in [1.29, 1.82) is 0 Å². The van der Waals surface area contributed by atoms with Crippen molar-refractivity contribution in [2.24, 2.45) is 11.3 Å². The highest BCUT2D eigenvalue weighted by Gasteiger charge is 2.49. The van der Waals surface area contributed by atoms with Gasteiger partial charge in [0, 0.05) is 31.6 Å². The number of carbonyl (C=O) groups is 2. The van der Waals surface area contributed by atoms with Gasteiger partial charge < -0.3 is 24.2 Å². The lowest BCUT2D eigenvalue weighted by atomic mass is 9.77. The molecule has 2 aliphatic heterocycles. The Morgan fingerprint density at radius 1 is 1.18 bits per heavy atom. The van der Waals surface area contributed by atoms with Gasteiger partial charge in [-0.25, -0.2) is 0 Å². The van der Waals surface area contributed by atoms with E-state index in [9.17, 15) is 14.7 Å². The molecule has 1 aromatic carbocycles. The number of hydrogen-bond acceptors (Lipinski definition) is 6. The summed E-state index contributed by atoms with van der Waals surface area (Å²) in [5, 5.41) is 10.5. The van der Waals surface area contributed by atoms with Gasteiger partial charge in [0.1, 0.15) is 0 Å². The fraction of sp³-hybridized carbons (Fsp3) is 0.667. The number of likely N-dealkylation sites (tertiary alicyclic amines) is 1. The quantitative estimate of drug-likeness (QED) is 0.326. The third-order valence-electron chi connectivity index (χ3n) is 7.75. The molecule has 1 N–H and O–H groups in total. The Hall–Kier alpha value is -2.74. The first kappa shape index (κ1) is 29.8. The van der Waals surface area contributed by atoms with Crippen molar-refractivity contribution in [2.45, 2.75) is 78.7 Å². The Balaban J connectivity index is 1.97. The molecule has 8 nitrogen and oxygen atoms in total. The van der Waals surface area contributed by atoms with Crippen LogP contribution in [0, 0.1) is 11.3 Å². The average molecular weight is 531 g/mol. The van der Waals surface area contributed by atoms with E-state index in [1.165, 1.54) is 0 Å². The molecule has 0 radical (unpaired) electrons. The topological polar surface area (TPSA) is 88.5 Å². The van der Waals surface area contributed by atoms with Crippen LogP contribution >= 0.6 is 0 Å². The summed E-state index contributed by atoms with van der Waals surface area (Å²) in [6, 6.07) is 3.44. The monoisotopic (exact) mass is 530 g/mol. The summed E-state index contributed by atoms with van der Waals surface area (Å²) in [4.78, 5) is 30.5. The maximum absolute atomic E-state index is 13.6. The van der Waals surface area contributed by atoms with E-state index in [0.717, 1.165) is 44.3 Å². The highest BCUT2D eigenvalue weighted by Crippen LogP contribution is 2.48. The van der Waals surface area contributed by atoms with Crippen molar-refractivity contribution in [1.82, 2.24) is 9.80 Å². The summed E-state index contributed by atoms with van der Waals surface area (Å²) in [7, 11) is 1.57. The number of unbranched alkanes of at least 4 members (excludes halogenated alkanes) is 2. The molecule has 0 spiro atoms. The fourth-order valence-corrected chi connectivity index (χ4v) is 5.84. The van der Waals surface area contributed by atoms with Crippen LogP contribution in [0.15, 0.2) is 24.3 Å².